The summed E-state index contributed by atoms with van der Waals surface area (Å²) in [6.07, 6.45) is 6.58. The van der Waals surface area contributed by atoms with Crippen LogP contribution in [0.5, 0.6) is 0 Å². The zero-order chi connectivity index (χ0) is 45.2. The second-order valence-corrected chi connectivity index (χ2v) is 16.9. The number of methoxy groups -OCH3 is 2. The van der Waals surface area contributed by atoms with E-state index in [2.05, 4.69) is 79.6 Å². The van der Waals surface area contributed by atoms with Crippen LogP contribution in [-0.4, -0.2) is 152 Å². The lowest BCUT2D eigenvalue weighted by Gasteiger charge is -2.35. The number of esters is 2. The topological polar surface area (TPSA) is 223 Å². The van der Waals surface area contributed by atoms with Crippen molar-refractivity contribution in [3.63, 3.8) is 0 Å². The number of rotatable bonds is 8. The van der Waals surface area contributed by atoms with E-state index in [-0.39, 0.29) is 0 Å². The van der Waals surface area contributed by atoms with Crippen molar-refractivity contribution in [2.24, 2.45) is 0 Å². The molecule has 17 nitrogen and oxygen atoms in total. The molecule has 0 bridgehead atoms. The van der Waals surface area contributed by atoms with Crippen LogP contribution in [0.15, 0.2) is 77.5 Å². The van der Waals surface area contributed by atoms with Gasteiger partial charge in [-0.1, -0.05) is 60.7 Å². The van der Waals surface area contributed by atoms with Gasteiger partial charge in [0.2, 0.25) is 5.95 Å². The van der Waals surface area contributed by atoms with Crippen LogP contribution in [0.3, 0.4) is 0 Å². The third-order valence-electron chi connectivity index (χ3n) is 11.5. The molecule has 4 aliphatic rings. The van der Waals surface area contributed by atoms with Gasteiger partial charge in [0.15, 0.2) is 16.8 Å². The maximum Gasteiger partial charge on any atom is 0.337 e. The van der Waals surface area contributed by atoms with Gasteiger partial charge in [0.1, 0.15) is 0 Å². The number of carboxylic acids is 1. The van der Waals surface area contributed by atoms with E-state index < -0.39 is 40.4 Å². The van der Waals surface area contributed by atoms with Crippen molar-refractivity contribution in [2.45, 2.75) is 87.0 Å². The molecule has 1 aromatic heterocycles. The first-order chi connectivity index (χ1) is 29.6. The minimum atomic E-state index is -1.52. The number of piperidine rings is 4. The standard InChI is InChI=1S/C13H16N2O.C13H17NO3.C11H14BrN3O3.C7H13NO3/c1-14-13(16)7-9-15(10-8-13)11-12-5-3-2-4-6-12;15-12(16)13(17)6-8-14(9-7-13)10-11-4-2-1-3-5-11;1-18-9(16)11(17)2-4-15(5-3-11)10-13-6-8(12)7-14-10;1-11-6(9)7(10)2-4-8-5-3-7/h2-6,16H,7-11H2;1-5,17H,6-10H2,(H,15,16);6-7,17H,2-5H2,1H3;8,10H,2-5H2,1H3. The second-order valence-electron chi connectivity index (χ2n) is 15.9. The summed E-state index contributed by atoms with van der Waals surface area (Å²) in [5, 5.41) is 51.3. The number of likely N-dealkylation sites (tertiary alicyclic amines) is 2. The minimum absolute atomic E-state index is 0.301. The number of anilines is 1. The third-order valence-corrected chi connectivity index (χ3v) is 11.9. The number of nitrogens with one attached hydrogen (secondary N) is 1. The van der Waals surface area contributed by atoms with E-state index >= 15 is 0 Å². The number of ether oxygens (including phenoxy) is 2. The number of carboxylic acid groups (broad SMARTS) is 1. The molecule has 62 heavy (non-hydrogen) atoms. The average Bonchev–Trinajstić information content (AvgIpc) is 3.29. The molecule has 0 aliphatic carbocycles. The van der Waals surface area contributed by atoms with Crippen molar-refractivity contribution in [1.29, 1.82) is 0 Å². The Labute approximate surface area is 371 Å². The van der Waals surface area contributed by atoms with E-state index in [0.717, 1.165) is 30.7 Å². The molecule has 18 heteroatoms. The maximum atomic E-state index is 11.4. The second kappa shape index (κ2) is 23.7. The van der Waals surface area contributed by atoms with Gasteiger partial charge in [0.05, 0.1) is 31.5 Å². The van der Waals surface area contributed by atoms with Gasteiger partial charge in [-0.05, 0) is 65.8 Å². The summed E-state index contributed by atoms with van der Waals surface area (Å²) in [6.45, 7) is 13.9. The van der Waals surface area contributed by atoms with Crippen LogP contribution in [-0.2, 0) is 36.9 Å². The van der Waals surface area contributed by atoms with Gasteiger partial charge in [-0.15, -0.1) is 0 Å². The number of halogens is 1. The van der Waals surface area contributed by atoms with E-state index in [1.54, 1.807) is 12.4 Å². The molecule has 0 saturated carbocycles. The fourth-order valence-corrected chi connectivity index (χ4v) is 7.54. The van der Waals surface area contributed by atoms with Crippen LogP contribution in [0.25, 0.3) is 4.85 Å². The quantitative estimate of drug-likeness (QED) is 0.141. The van der Waals surface area contributed by atoms with Crippen molar-refractivity contribution in [2.75, 3.05) is 71.5 Å². The molecular formula is C44H60BrN7O10. The molecule has 0 radical (unpaired) electrons. The first-order valence-electron chi connectivity index (χ1n) is 20.7. The molecule has 4 fully saturated rings. The molecule has 0 atom stereocenters. The summed E-state index contributed by atoms with van der Waals surface area (Å²) in [4.78, 5) is 51.4. The first kappa shape index (κ1) is 50.1. The Balaban J connectivity index is 0.000000184. The van der Waals surface area contributed by atoms with Crippen LogP contribution in [0, 0.1) is 6.57 Å². The lowest BCUT2D eigenvalue weighted by molar-refractivity contribution is -0.165. The lowest BCUT2D eigenvalue weighted by Crippen LogP contribution is -2.50. The summed E-state index contributed by atoms with van der Waals surface area (Å²) in [5.41, 5.74) is -2.73. The number of carbonyl (C=O) groups is 3. The normalized spacial score (nSPS) is 20.1. The number of nitrogens with zero attached hydrogens (tertiary/aromatic N) is 6. The van der Waals surface area contributed by atoms with Gasteiger partial charge in [-0.2, -0.15) is 0 Å². The highest BCUT2D eigenvalue weighted by atomic mass is 79.9. The average molecular weight is 927 g/mol. The monoisotopic (exact) mass is 925 g/mol. The molecule has 4 aliphatic heterocycles. The highest BCUT2D eigenvalue weighted by Gasteiger charge is 2.42. The van der Waals surface area contributed by atoms with Crippen LogP contribution < -0.4 is 10.2 Å². The summed E-state index contributed by atoms with van der Waals surface area (Å²) < 4.78 is 9.89. The molecule has 3 aromatic rings. The van der Waals surface area contributed by atoms with E-state index in [9.17, 15) is 34.8 Å². The minimum Gasteiger partial charge on any atom is -0.479 e. The SMILES string of the molecule is COC(=O)C1(O)CCN(c2ncc(Br)cn2)CC1.COC(=O)C1(O)CCNCC1.O=C(O)C1(O)CCN(Cc2ccccc2)CC1.[C-]#[N+]C1(O)CCN(Cc2ccccc2)CC1. The Morgan fingerprint density at radius 2 is 1.08 bits per heavy atom. The van der Waals surface area contributed by atoms with Gasteiger partial charge in [0.25, 0.3) is 0 Å². The number of aliphatic carboxylic acids is 1. The summed E-state index contributed by atoms with van der Waals surface area (Å²) in [7, 11) is 2.58. The highest BCUT2D eigenvalue weighted by Crippen LogP contribution is 2.27. The molecule has 2 aromatic carbocycles. The van der Waals surface area contributed by atoms with Gasteiger partial charge >= 0.3 is 23.6 Å². The van der Waals surface area contributed by atoms with Crippen molar-refractivity contribution in [3.05, 3.63) is 100 Å². The number of hydrogen-bond donors (Lipinski definition) is 6. The van der Waals surface area contributed by atoms with Gasteiger partial charge in [-0.25, -0.2) is 30.9 Å². The fourth-order valence-electron chi connectivity index (χ4n) is 7.33. The summed E-state index contributed by atoms with van der Waals surface area (Å²) >= 11 is 3.27. The molecular weight excluding hydrogens is 866 g/mol. The molecule has 0 unspecified atom stereocenters. The number of hydrogen-bond acceptors (Lipinski definition) is 15. The molecule has 7 rings (SSSR count). The summed E-state index contributed by atoms with van der Waals surface area (Å²) in [5.74, 6) is -1.58. The molecule has 0 spiro atoms. The van der Waals surface area contributed by atoms with Crippen LogP contribution >= 0.6 is 15.9 Å². The maximum absolute atomic E-state index is 11.4. The lowest BCUT2D eigenvalue weighted by atomic mass is 9.91. The van der Waals surface area contributed by atoms with Crippen molar-refractivity contribution in [3.8, 4) is 0 Å². The number of benzene rings is 2. The summed E-state index contributed by atoms with van der Waals surface area (Å²) in [6, 6.07) is 20.4. The zero-order valence-corrected chi connectivity index (χ0v) is 37.1. The smallest absolute Gasteiger partial charge is 0.337 e. The fraction of sp³-hybridized carbons (Fsp3) is 0.545. The number of aromatic nitrogens is 2. The Bertz CT molecular complexity index is 1880. The van der Waals surface area contributed by atoms with E-state index in [0.29, 0.717) is 96.6 Å². The number of carbonyl (C=O) groups excluding carboxylic acids is 2. The Morgan fingerprint density at radius 3 is 1.48 bits per heavy atom. The Hall–Kier alpha value is -4.58. The van der Waals surface area contributed by atoms with Crippen LogP contribution in [0.4, 0.5) is 5.95 Å². The predicted octanol–water partition coefficient (Wildman–Crippen LogP) is 3.01. The van der Waals surface area contributed by atoms with Crippen LogP contribution in [0.2, 0.25) is 0 Å². The largest absolute Gasteiger partial charge is 0.479 e. The Morgan fingerprint density at radius 1 is 0.677 bits per heavy atom. The van der Waals surface area contributed by atoms with Crippen molar-refractivity contribution in [1.82, 2.24) is 25.1 Å². The van der Waals surface area contributed by atoms with E-state index in [1.165, 1.54) is 25.3 Å². The van der Waals surface area contributed by atoms with Crippen molar-refractivity contribution < 1.29 is 49.4 Å². The van der Waals surface area contributed by atoms with Gasteiger partial charge in [-0.3, -0.25) is 14.6 Å². The highest BCUT2D eigenvalue weighted by molar-refractivity contribution is 9.10. The van der Waals surface area contributed by atoms with Gasteiger partial charge < -0.3 is 45.2 Å². The molecule has 6 N–H and O–H groups in total. The van der Waals surface area contributed by atoms with E-state index in [1.807, 2.05) is 41.3 Å². The first-order valence-corrected chi connectivity index (χ1v) is 21.5. The third kappa shape index (κ3) is 15.1. The van der Waals surface area contributed by atoms with Crippen LogP contribution in [0.1, 0.15) is 62.5 Å². The molecule has 5 heterocycles. The Kier molecular flexibility index (Phi) is 19.2. The van der Waals surface area contributed by atoms with Crippen molar-refractivity contribution >= 4 is 39.8 Å². The number of aliphatic hydroxyl groups is 4. The predicted molar refractivity (Wildman–Crippen MR) is 233 cm³/mol. The molecule has 338 valence electrons. The zero-order valence-electron chi connectivity index (χ0n) is 35.5. The van der Waals surface area contributed by atoms with Gasteiger partial charge in [0, 0.05) is 77.6 Å². The molecule has 4 saturated heterocycles. The molecule has 0 amide bonds. The van der Waals surface area contributed by atoms with E-state index in [4.69, 9.17) is 11.7 Å².